The third-order valence-corrected chi connectivity index (χ3v) is 8.06. The number of para-hydroxylation sites is 2. The van der Waals surface area contributed by atoms with Gasteiger partial charge in [-0.1, -0.05) is 30.3 Å². The van der Waals surface area contributed by atoms with E-state index in [1.54, 1.807) is 12.1 Å². The van der Waals surface area contributed by atoms with Gasteiger partial charge >= 0.3 is 0 Å². The number of nitrogens with zero attached hydrogens (tertiary/aromatic N) is 3. The van der Waals surface area contributed by atoms with Crippen molar-refractivity contribution in [3.05, 3.63) is 89.2 Å². The Balaban J connectivity index is 0.000000510. The number of halogens is 1. The van der Waals surface area contributed by atoms with Crippen molar-refractivity contribution >= 4 is 28.4 Å². The number of nitrogens with one attached hydrogen (secondary N) is 2. The highest BCUT2D eigenvalue weighted by Gasteiger charge is 2.31. The Hall–Kier alpha value is -4.11. The summed E-state index contributed by atoms with van der Waals surface area (Å²) in [6, 6.07) is 21.8. The third kappa shape index (κ3) is 5.74. The van der Waals surface area contributed by atoms with Crippen LogP contribution in [0.2, 0.25) is 0 Å². The molecule has 0 spiro atoms. The molecular formula is C34H38FN5. The first-order chi connectivity index (χ1) is 19.5. The zero-order valence-electron chi connectivity index (χ0n) is 23.0. The van der Waals surface area contributed by atoms with Crippen molar-refractivity contribution in [2.75, 3.05) is 23.3 Å². The van der Waals surface area contributed by atoms with E-state index in [0.29, 0.717) is 29.3 Å². The second-order valence-electron chi connectivity index (χ2n) is 11.3. The third-order valence-electron chi connectivity index (χ3n) is 8.06. The van der Waals surface area contributed by atoms with Gasteiger partial charge in [0.25, 0.3) is 0 Å². The summed E-state index contributed by atoms with van der Waals surface area (Å²) in [5, 5.41) is 12.2. The van der Waals surface area contributed by atoms with Gasteiger partial charge in [-0.05, 0) is 87.4 Å². The monoisotopic (exact) mass is 535 g/mol. The fraction of sp³-hybridized carbons (Fsp3) is 0.353. The molecule has 0 bridgehead atoms. The van der Waals surface area contributed by atoms with Crippen molar-refractivity contribution in [3.8, 4) is 12.3 Å². The highest BCUT2D eigenvalue weighted by Crippen LogP contribution is 2.41. The zero-order chi connectivity index (χ0) is 27.6. The number of aromatic nitrogens is 2. The molecule has 1 aromatic heterocycles. The largest absolute Gasteiger partial charge is 0.382 e. The Kier molecular flexibility index (Phi) is 7.30. The Morgan fingerprint density at radius 2 is 1.77 bits per heavy atom. The summed E-state index contributed by atoms with van der Waals surface area (Å²) in [4.78, 5) is 7.45. The Bertz CT molecular complexity index is 1570. The molecule has 6 heteroatoms. The lowest BCUT2D eigenvalue weighted by Gasteiger charge is -2.34. The van der Waals surface area contributed by atoms with Crippen LogP contribution in [0.5, 0.6) is 0 Å². The van der Waals surface area contributed by atoms with Gasteiger partial charge in [0.2, 0.25) is 5.95 Å². The minimum Gasteiger partial charge on any atom is -0.382 e. The van der Waals surface area contributed by atoms with Crippen molar-refractivity contribution in [1.82, 2.24) is 9.55 Å². The molecule has 3 aliphatic rings. The highest BCUT2D eigenvalue weighted by atomic mass is 19.1. The molecule has 0 unspecified atom stereocenters. The number of rotatable bonds is 6. The fourth-order valence-electron chi connectivity index (χ4n) is 5.49. The topological polar surface area (TPSA) is 56.9 Å². The van der Waals surface area contributed by atoms with Gasteiger partial charge in [0.1, 0.15) is 5.82 Å². The van der Waals surface area contributed by atoms with Gasteiger partial charge in [0, 0.05) is 49.3 Å². The molecule has 0 amide bonds. The minimum absolute atomic E-state index is 0. The van der Waals surface area contributed by atoms with E-state index in [1.165, 1.54) is 43.3 Å². The van der Waals surface area contributed by atoms with Crippen molar-refractivity contribution in [1.29, 1.82) is 5.41 Å². The molecule has 3 aromatic carbocycles. The van der Waals surface area contributed by atoms with E-state index in [4.69, 9.17) is 16.8 Å². The molecule has 2 N–H and O–H groups in total. The smallest absolute Gasteiger partial charge is 0.206 e. The lowest BCUT2D eigenvalue weighted by molar-refractivity contribution is 0.513. The summed E-state index contributed by atoms with van der Waals surface area (Å²) in [5.41, 5.74) is 6.20. The van der Waals surface area contributed by atoms with Gasteiger partial charge in [0.15, 0.2) is 0 Å². The van der Waals surface area contributed by atoms with Crippen LogP contribution in [-0.2, 0) is 0 Å². The summed E-state index contributed by atoms with van der Waals surface area (Å²) < 4.78 is 16.1. The first-order valence-electron chi connectivity index (χ1n) is 14.4. The molecular weight excluding hydrogens is 497 g/mol. The van der Waals surface area contributed by atoms with Crippen LogP contribution >= 0.6 is 0 Å². The molecule has 2 aliphatic carbocycles. The van der Waals surface area contributed by atoms with E-state index >= 15 is 0 Å². The normalized spacial score (nSPS) is 17.2. The summed E-state index contributed by atoms with van der Waals surface area (Å²) >= 11 is 0. The average Bonchev–Trinajstić information content (AvgIpc) is 3.91. The zero-order valence-corrected chi connectivity index (χ0v) is 23.0. The standard InChI is InChI=1S/C29H30FN5.C5H6.H2/c1-19-17-23(9-12-25(19)28(31)20-5-4-6-21(30)18-20)32-22-13-15-34(16-14-22)29-33-26-7-2-3-8-27(26)35(29)24-10-11-24;1-2-5-3-4-5;/h2-9,12,17-18,22,24,31-32H,10-11,13-16H2,1H3;1,5H,3-4H2;1H. The van der Waals surface area contributed by atoms with Gasteiger partial charge in [-0.2, -0.15) is 0 Å². The number of fused-ring (bicyclic) bond motifs is 1. The molecule has 3 fully saturated rings. The maximum absolute atomic E-state index is 13.6. The fourth-order valence-corrected chi connectivity index (χ4v) is 5.49. The molecule has 0 atom stereocenters. The van der Waals surface area contributed by atoms with E-state index in [-0.39, 0.29) is 7.24 Å². The Morgan fingerprint density at radius 3 is 2.42 bits per heavy atom. The summed E-state index contributed by atoms with van der Waals surface area (Å²) in [5.74, 6) is 4.11. The molecule has 0 radical (unpaired) electrons. The first-order valence-corrected chi connectivity index (χ1v) is 14.4. The summed E-state index contributed by atoms with van der Waals surface area (Å²) in [6.45, 7) is 3.98. The number of hydrogen-bond donors (Lipinski definition) is 2. The number of benzene rings is 3. The van der Waals surface area contributed by atoms with Crippen LogP contribution in [0.25, 0.3) is 11.0 Å². The highest BCUT2D eigenvalue weighted by molar-refractivity contribution is 6.11. The second kappa shape index (κ2) is 11.2. The van der Waals surface area contributed by atoms with Gasteiger partial charge < -0.3 is 14.8 Å². The van der Waals surface area contributed by atoms with E-state index in [0.717, 1.165) is 54.2 Å². The number of hydrogen-bond acceptors (Lipinski definition) is 4. The van der Waals surface area contributed by atoms with Crippen LogP contribution in [0.3, 0.4) is 0 Å². The predicted molar refractivity (Wildman–Crippen MR) is 164 cm³/mol. The maximum Gasteiger partial charge on any atom is 0.206 e. The number of aryl methyl sites for hydroxylation is 1. The van der Waals surface area contributed by atoms with Crippen LogP contribution in [0.1, 0.15) is 62.7 Å². The van der Waals surface area contributed by atoms with Gasteiger partial charge in [-0.15, -0.1) is 12.3 Å². The van der Waals surface area contributed by atoms with Crippen LogP contribution in [0.4, 0.5) is 16.0 Å². The molecule has 1 aliphatic heterocycles. The van der Waals surface area contributed by atoms with Crippen LogP contribution in [0, 0.1) is 36.4 Å². The number of piperidine rings is 1. The van der Waals surface area contributed by atoms with Crippen molar-refractivity contribution < 1.29 is 5.82 Å². The predicted octanol–water partition coefficient (Wildman–Crippen LogP) is 7.59. The van der Waals surface area contributed by atoms with Crippen molar-refractivity contribution in [3.63, 3.8) is 0 Å². The number of anilines is 2. The average molecular weight is 536 g/mol. The van der Waals surface area contributed by atoms with Crippen LogP contribution < -0.4 is 10.2 Å². The minimum atomic E-state index is -0.317. The Labute approximate surface area is 237 Å². The molecule has 2 heterocycles. The molecule has 4 aromatic rings. The molecule has 1 saturated heterocycles. The quantitative estimate of drug-likeness (QED) is 0.198. The molecule has 40 heavy (non-hydrogen) atoms. The lowest BCUT2D eigenvalue weighted by Crippen LogP contribution is -2.40. The van der Waals surface area contributed by atoms with E-state index < -0.39 is 0 Å². The molecule has 2 saturated carbocycles. The summed E-state index contributed by atoms with van der Waals surface area (Å²) in [7, 11) is 0. The number of terminal acetylenes is 1. The van der Waals surface area contributed by atoms with E-state index in [2.05, 4.69) is 51.0 Å². The molecule has 7 rings (SSSR count). The Morgan fingerprint density at radius 1 is 1.00 bits per heavy atom. The van der Waals surface area contributed by atoms with Gasteiger partial charge in [0.05, 0.1) is 16.7 Å². The lowest BCUT2D eigenvalue weighted by atomic mass is 9.97. The van der Waals surface area contributed by atoms with Crippen molar-refractivity contribution in [2.24, 2.45) is 5.92 Å². The summed E-state index contributed by atoms with van der Waals surface area (Å²) in [6.07, 6.45) is 12.1. The molecule has 206 valence electrons. The first kappa shape index (κ1) is 26.1. The SMILES string of the molecule is C#CC1CC1.Cc1cc(NC2CCN(c3nc4ccccc4n3C3CC3)CC2)ccc1C(=N)c1cccc(F)c1.[HH]. The van der Waals surface area contributed by atoms with E-state index in [9.17, 15) is 4.39 Å². The number of imidazole rings is 1. The second-order valence-corrected chi connectivity index (χ2v) is 11.3. The maximum atomic E-state index is 13.6. The molecule has 5 nitrogen and oxygen atoms in total. The van der Waals surface area contributed by atoms with Gasteiger partial charge in [-0.3, -0.25) is 5.41 Å². The van der Waals surface area contributed by atoms with E-state index in [1.807, 2.05) is 19.1 Å². The van der Waals surface area contributed by atoms with Crippen LogP contribution in [-0.4, -0.2) is 34.4 Å². The van der Waals surface area contributed by atoms with Crippen molar-refractivity contribution in [2.45, 2.75) is 57.5 Å². The van der Waals surface area contributed by atoms with Gasteiger partial charge in [-0.25, -0.2) is 9.37 Å². The van der Waals surface area contributed by atoms with Crippen LogP contribution in [0.15, 0.2) is 66.7 Å².